The molecule has 0 unspecified atom stereocenters. The minimum atomic E-state index is -0.804. The summed E-state index contributed by atoms with van der Waals surface area (Å²) >= 11 is 0. The lowest BCUT2D eigenvalue weighted by molar-refractivity contribution is -0.137. The molecule has 184 valence electrons. The number of hydrogen-bond donors (Lipinski definition) is 3. The molecule has 2 saturated heterocycles. The van der Waals surface area contributed by atoms with Crippen molar-refractivity contribution in [2.75, 3.05) is 26.2 Å². The second-order valence-electron chi connectivity index (χ2n) is 9.26. The zero-order valence-electron chi connectivity index (χ0n) is 19.6. The number of likely N-dealkylation sites (tertiary alicyclic amines) is 2. The van der Waals surface area contributed by atoms with Crippen LogP contribution < -0.4 is 4.74 Å². The van der Waals surface area contributed by atoms with Gasteiger partial charge in [-0.15, -0.1) is 0 Å². The number of rotatable bonds is 8. The van der Waals surface area contributed by atoms with E-state index < -0.39 is 6.10 Å². The summed E-state index contributed by atoms with van der Waals surface area (Å²) < 4.78 is 5.80. The smallest absolute Gasteiger partial charge is 0.251 e. The monoisotopic (exact) mass is 477 g/mol. The van der Waals surface area contributed by atoms with Crippen LogP contribution in [0.5, 0.6) is 17.4 Å². The van der Waals surface area contributed by atoms with Crippen molar-refractivity contribution in [1.29, 1.82) is 0 Å². The number of ether oxygens (including phenoxy) is 1. The van der Waals surface area contributed by atoms with Crippen LogP contribution in [0.3, 0.4) is 0 Å². The van der Waals surface area contributed by atoms with Crippen LogP contribution in [0.25, 0.3) is 11.3 Å². The van der Waals surface area contributed by atoms with E-state index in [1.54, 1.807) is 24.5 Å². The van der Waals surface area contributed by atoms with E-state index in [1.807, 2.05) is 29.2 Å². The molecule has 35 heavy (non-hydrogen) atoms. The molecule has 2 fully saturated rings. The maximum atomic E-state index is 12.1. The van der Waals surface area contributed by atoms with Crippen molar-refractivity contribution < 1.29 is 19.7 Å². The summed E-state index contributed by atoms with van der Waals surface area (Å²) in [6.07, 6.45) is 6.78. The van der Waals surface area contributed by atoms with Crippen LogP contribution in [0, 0.1) is 0 Å². The second kappa shape index (κ2) is 10.5. The number of carbonyl (C=O) groups excluding carboxylic acids is 1. The van der Waals surface area contributed by atoms with Gasteiger partial charge >= 0.3 is 0 Å². The topological polar surface area (TPSA) is 115 Å². The minimum Gasteiger partial charge on any atom is -0.508 e. The third kappa shape index (κ3) is 5.47. The Morgan fingerprint density at radius 2 is 1.94 bits per heavy atom. The number of aromatic amines is 1. The van der Waals surface area contributed by atoms with Crippen molar-refractivity contribution in [2.45, 2.75) is 44.2 Å². The molecule has 1 aromatic carbocycles. The number of pyridine rings is 1. The standard InChI is InChI=1S/C26H31N5O4/c32-23-10-15-31(26(23)34)20-8-13-30(14-9-20)12-1-2-18-3-5-21(16-24(18)33)35-25-6-4-19(17-27-25)22-7-11-28-29-22/h3-7,11,16-17,20,23,32-33H,1-2,8-10,12-15H2,(H,28,29)/t23-/m0/s1. The number of aliphatic hydroxyl groups excluding tert-OH is 1. The molecule has 0 aliphatic carbocycles. The van der Waals surface area contributed by atoms with Crippen LogP contribution in [0.2, 0.25) is 0 Å². The molecule has 1 atom stereocenters. The van der Waals surface area contributed by atoms with Gasteiger partial charge in [-0.05, 0) is 62.4 Å². The van der Waals surface area contributed by atoms with Crippen molar-refractivity contribution in [1.82, 2.24) is 25.0 Å². The summed E-state index contributed by atoms with van der Waals surface area (Å²) in [4.78, 5) is 20.7. The van der Waals surface area contributed by atoms with E-state index in [9.17, 15) is 15.0 Å². The highest BCUT2D eigenvalue weighted by Gasteiger charge is 2.35. The normalized spacial score (nSPS) is 19.4. The summed E-state index contributed by atoms with van der Waals surface area (Å²) in [7, 11) is 0. The van der Waals surface area contributed by atoms with Crippen LogP contribution in [0.4, 0.5) is 0 Å². The van der Waals surface area contributed by atoms with Crippen molar-refractivity contribution in [3.8, 4) is 28.6 Å². The van der Waals surface area contributed by atoms with Gasteiger partial charge in [0.1, 0.15) is 17.6 Å². The number of aryl methyl sites for hydroxylation is 1. The fraction of sp³-hybridized carbons (Fsp3) is 0.423. The number of aliphatic hydroxyl groups is 1. The van der Waals surface area contributed by atoms with Crippen LogP contribution in [-0.2, 0) is 11.2 Å². The lowest BCUT2D eigenvalue weighted by Crippen LogP contribution is -2.46. The van der Waals surface area contributed by atoms with E-state index in [0.29, 0.717) is 24.6 Å². The summed E-state index contributed by atoms with van der Waals surface area (Å²) in [5.74, 6) is 1.11. The lowest BCUT2D eigenvalue weighted by atomic mass is 10.0. The Kier molecular flexibility index (Phi) is 6.96. The molecule has 9 nitrogen and oxygen atoms in total. The number of phenols is 1. The van der Waals surface area contributed by atoms with Crippen molar-refractivity contribution in [2.24, 2.45) is 0 Å². The van der Waals surface area contributed by atoms with Gasteiger partial charge in [0.25, 0.3) is 5.91 Å². The number of H-pyrrole nitrogens is 1. The molecule has 0 saturated carbocycles. The third-order valence-corrected chi connectivity index (χ3v) is 6.96. The molecule has 3 N–H and O–H groups in total. The van der Waals surface area contributed by atoms with Crippen molar-refractivity contribution in [3.05, 3.63) is 54.4 Å². The lowest BCUT2D eigenvalue weighted by Gasteiger charge is -2.36. The molecule has 0 radical (unpaired) electrons. The first-order valence-corrected chi connectivity index (χ1v) is 12.2. The Morgan fingerprint density at radius 1 is 1.09 bits per heavy atom. The number of carbonyl (C=O) groups is 1. The van der Waals surface area contributed by atoms with Crippen molar-refractivity contribution >= 4 is 5.91 Å². The molecule has 4 heterocycles. The van der Waals surface area contributed by atoms with E-state index in [-0.39, 0.29) is 17.7 Å². The van der Waals surface area contributed by atoms with Crippen LogP contribution in [-0.4, -0.2) is 79.4 Å². The Morgan fingerprint density at radius 3 is 2.60 bits per heavy atom. The van der Waals surface area contributed by atoms with Crippen molar-refractivity contribution in [3.63, 3.8) is 0 Å². The van der Waals surface area contributed by atoms with Gasteiger partial charge in [-0.25, -0.2) is 4.98 Å². The van der Waals surface area contributed by atoms with Gasteiger partial charge in [0.2, 0.25) is 5.88 Å². The molecular formula is C26H31N5O4. The average Bonchev–Trinajstić information content (AvgIpc) is 3.52. The predicted octanol–water partition coefficient (Wildman–Crippen LogP) is 2.96. The molecule has 1 amide bonds. The molecule has 2 aromatic heterocycles. The zero-order valence-corrected chi connectivity index (χ0v) is 19.6. The SMILES string of the molecule is O=C1[C@@H](O)CCN1C1CCN(CCCc2ccc(Oc3ccc(-c4ccn[nH]4)cn3)cc2O)CC1. The number of hydrogen-bond acceptors (Lipinski definition) is 7. The fourth-order valence-corrected chi connectivity index (χ4v) is 4.95. The summed E-state index contributed by atoms with van der Waals surface area (Å²) in [5, 5.41) is 27.0. The van der Waals surface area contributed by atoms with Gasteiger partial charge in [-0.1, -0.05) is 6.07 Å². The first-order valence-electron chi connectivity index (χ1n) is 12.2. The van der Waals surface area contributed by atoms with E-state index in [4.69, 9.17) is 4.74 Å². The van der Waals surface area contributed by atoms with Crippen LogP contribution >= 0.6 is 0 Å². The highest BCUT2D eigenvalue weighted by molar-refractivity contribution is 5.83. The maximum Gasteiger partial charge on any atom is 0.251 e. The first-order chi connectivity index (χ1) is 17.1. The average molecular weight is 478 g/mol. The van der Waals surface area contributed by atoms with E-state index >= 15 is 0 Å². The minimum absolute atomic E-state index is 0.103. The van der Waals surface area contributed by atoms with E-state index in [1.165, 1.54) is 0 Å². The number of aromatic hydroxyl groups is 1. The number of phenolic OH excluding ortho intramolecular Hbond substituents is 1. The summed E-state index contributed by atoms with van der Waals surface area (Å²) in [6.45, 7) is 3.54. The number of benzene rings is 1. The molecule has 5 rings (SSSR count). The van der Waals surface area contributed by atoms with Gasteiger partial charge in [-0.2, -0.15) is 5.10 Å². The van der Waals surface area contributed by atoms with E-state index in [2.05, 4.69) is 20.1 Å². The Balaban J connectivity index is 1.07. The second-order valence-corrected chi connectivity index (χ2v) is 9.26. The molecule has 3 aromatic rings. The molecule has 2 aliphatic heterocycles. The van der Waals surface area contributed by atoms with Gasteiger partial charge in [0.05, 0.1) is 5.69 Å². The zero-order chi connectivity index (χ0) is 24.2. The van der Waals surface area contributed by atoms with Gasteiger partial charge in [-0.3, -0.25) is 9.89 Å². The molecule has 2 aliphatic rings. The Labute approximate surface area is 204 Å². The summed E-state index contributed by atoms with van der Waals surface area (Å²) in [5.41, 5.74) is 2.70. The molecule has 0 bridgehead atoms. The van der Waals surface area contributed by atoms with E-state index in [0.717, 1.165) is 62.1 Å². The fourth-order valence-electron chi connectivity index (χ4n) is 4.95. The quantitative estimate of drug-likeness (QED) is 0.457. The number of amides is 1. The number of nitrogens with zero attached hydrogens (tertiary/aromatic N) is 4. The van der Waals surface area contributed by atoms with Gasteiger partial charge in [0.15, 0.2) is 0 Å². The van der Waals surface area contributed by atoms with Gasteiger partial charge in [0, 0.05) is 55.8 Å². The predicted molar refractivity (Wildman–Crippen MR) is 130 cm³/mol. The first kappa shape index (κ1) is 23.3. The maximum absolute atomic E-state index is 12.1. The third-order valence-electron chi connectivity index (χ3n) is 6.96. The highest BCUT2D eigenvalue weighted by Crippen LogP contribution is 2.29. The van der Waals surface area contributed by atoms with Crippen LogP contribution in [0.15, 0.2) is 48.8 Å². The molecule has 0 spiro atoms. The number of piperidine rings is 1. The van der Waals surface area contributed by atoms with Crippen LogP contribution in [0.1, 0.15) is 31.2 Å². The Bertz CT molecular complexity index is 1130. The highest BCUT2D eigenvalue weighted by atomic mass is 16.5. The Hall–Kier alpha value is -3.43. The summed E-state index contributed by atoms with van der Waals surface area (Å²) in [6, 6.07) is 11.2. The largest absolute Gasteiger partial charge is 0.508 e. The molecular weight excluding hydrogens is 446 g/mol. The number of nitrogens with one attached hydrogen (secondary N) is 1. The number of aromatic nitrogens is 3. The molecule has 9 heteroatoms. The van der Waals surface area contributed by atoms with Gasteiger partial charge < -0.3 is 24.7 Å².